The Kier molecular flexibility index (Phi) is 5.31. The third-order valence-corrected chi connectivity index (χ3v) is 4.86. The summed E-state index contributed by atoms with van der Waals surface area (Å²) < 4.78 is 0. The number of allylic oxidation sites excluding steroid dienone is 2. The second kappa shape index (κ2) is 6.27. The van der Waals surface area contributed by atoms with Crippen molar-refractivity contribution in [2.45, 2.75) is 26.7 Å². The number of carbonyl (C=O) groups is 1. The maximum Gasteiger partial charge on any atom is 0.220 e. The van der Waals surface area contributed by atoms with Gasteiger partial charge >= 0.3 is 0 Å². The minimum atomic E-state index is 0.122. The van der Waals surface area contributed by atoms with E-state index in [9.17, 15) is 4.79 Å². The van der Waals surface area contributed by atoms with E-state index in [1.807, 2.05) is 0 Å². The molecule has 1 rings (SSSR count). The van der Waals surface area contributed by atoms with Crippen LogP contribution in [0.2, 0.25) is 0 Å². The van der Waals surface area contributed by atoms with Crippen LogP contribution >= 0.6 is 7.92 Å². The highest BCUT2D eigenvalue weighted by molar-refractivity contribution is 7.56. The fourth-order valence-corrected chi connectivity index (χ4v) is 3.79. The van der Waals surface area contributed by atoms with Crippen molar-refractivity contribution in [2.24, 2.45) is 5.92 Å². The summed E-state index contributed by atoms with van der Waals surface area (Å²) in [5, 5.41) is 2.91. The van der Waals surface area contributed by atoms with Gasteiger partial charge in [-0.25, -0.2) is 0 Å². The van der Waals surface area contributed by atoms with Crippen LogP contribution in [0.15, 0.2) is 11.6 Å². The van der Waals surface area contributed by atoms with E-state index in [0.29, 0.717) is 5.92 Å². The van der Waals surface area contributed by atoms with Gasteiger partial charge in [0.15, 0.2) is 0 Å². The molecular weight excluding hydrogens is 205 g/mol. The van der Waals surface area contributed by atoms with Crippen LogP contribution in [0.1, 0.15) is 26.7 Å². The van der Waals surface area contributed by atoms with Crippen LogP contribution in [0.4, 0.5) is 0 Å². The van der Waals surface area contributed by atoms with Crippen molar-refractivity contribution in [3.63, 3.8) is 0 Å². The third kappa shape index (κ3) is 5.32. The van der Waals surface area contributed by atoms with Gasteiger partial charge in [-0.05, 0) is 45.2 Å². The Morgan fingerprint density at radius 1 is 1.60 bits per heavy atom. The second-order valence-electron chi connectivity index (χ2n) is 4.71. The van der Waals surface area contributed by atoms with Crippen LogP contribution in [0, 0.1) is 5.92 Å². The topological polar surface area (TPSA) is 29.1 Å². The zero-order chi connectivity index (χ0) is 11.3. The van der Waals surface area contributed by atoms with Gasteiger partial charge in [0.1, 0.15) is 0 Å². The molecule has 0 aliphatic carbocycles. The number of nitrogens with one attached hydrogen (secondary N) is 1. The molecule has 15 heavy (non-hydrogen) atoms. The smallest absolute Gasteiger partial charge is 0.220 e. The zero-order valence-electron chi connectivity index (χ0n) is 10.0. The van der Waals surface area contributed by atoms with E-state index in [4.69, 9.17) is 0 Å². The van der Waals surface area contributed by atoms with Crippen molar-refractivity contribution in [3.8, 4) is 0 Å². The lowest BCUT2D eigenvalue weighted by Crippen LogP contribution is -2.14. The summed E-state index contributed by atoms with van der Waals surface area (Å²) in [6.07, 6.45) is 6.85. The monoisotopic (exact) mass is 227 g/mol. The van der Waals surface area contributed by atoms with Gasteiger partial charge in [0.25, 0.3) is 0 Å². The van der Waals surface area contributed by atoms with Crippen molar-refractivity contribution in [1.29, 1.82) is 0 Å². The fraction of sp³-hybridized carbons (Fsp3) is 0.750. The van der Waals surface area contributed by atoms with E-state index in [1.165, 1.54) is 24.3 Å². The Morgan fingerprint density at radius 3 is 2.87 bits per heavy atom. The Labute approximate surface area is 94.3 Å². The van der Waals surface area contributed by atoms with E-state index in [-0.39, 0.29) is 13.8 Å². The number of rotatable bonds is 5. The largest absolute Gasteiger partial charge is 0.356 e. The average Bonchev–Trinajstić information content (AvgIpc) is 2.50. The van der Waals surface area contributed by atoms with Crippen molar-refractivity contribution in [1.82, 2.24) is 5.32 Å². The standard InChI is InChI=1S/C12H22NOP/c1-10(2)5-4-6-15(3)9-11-7-12(14)13-8-11/h5,11H,4,6-9H2,1-3H3,(H,13,14)/t11?,15-/m0/s1. The molecule has 1 amide bonds. The Balaban J connectivity index is 2.15. The molecule has 1 N–H and O–H groups in total. The van der Waals surface area contributed by atoms with Crippen molar-refractivity contribution in [3.05, 3.63) is 11.6 Å². The van der Waals surface area contributed by atoms with E-state index < -0.39 is 0 Å². The molecule has 3 heteroatoms. The zero-order valence-corrected chi connectivity index (χ0v) is 10.9. The number of hydrogen-bond acceptors (Lipinski definition) is 1. The van der Waals surface area contributed by atoms with Crippen LogP contribution in [0.25, 0.3) is 0 Å². The van der Waals surface area contributed by atoms with Gasteiger partial charge in [-0.3, -0.25) is 4.79 Å². The molecule has 1 saturated heterocycles. The molecule has 1 fully saturated rings. The van der Waals surface area contributed by atoms with Gasteiger partial charge < -0.3 is 5.32 Å². The van der Waals surface area contributed by atoms with Gasteiger partial charge in [0.05, 0.1) is 0 Å². The van der Waals surface area contributed by atoms with E-state index in [2.05, 4.69) is 31.9 Å². The highest BCUT2D eigenvalue weighted by Gasteiger charge is 2.22. The summed E-state index contributed by atoms with van der Waals surface area (Å²) in [5.41, 5.74) is 1.41. The molecule has 86 valence electrons. The molecule has 0 aromatic carbocycles. The van der Waals surface area contributed by atoms with Crippen molar-refractivity contribution < 1.29 is 4.79 Å². The van der Waals surface area contributed by atoms with Gasteiger partial charge in [0.2, 0.25) is 5.91 Å². The minimum absolute atomic E-state index is 0.122. The number of carbonyl (C=O) groups excluding carboxylic acids is 1. The highest BCUT2D eigenvalue weighted by atomic mass is 31.1. The summed E-state index contributed by atoms with van der Waals surface area (Å²) in [6.45, 7) is 7.57. The van der Waals surface area contributed by atoms with Crippen LogP contribution in [0.3, 0.4) is 0 Å². The first-order valence-electron chi connectivity index (χ1n) is 5.66. The fourth-order valence-electron chi connectivity index (χ4n) is 1.90. The third-order valence-electron chi connectivity index (χ3n) is 2.70. The molecule has 2 atom stereocenters. The molecule has 0 aromatic heterocycles. The SMILES string of the molecule is CC(C)=CCC[P@](C)CC1CNC(=O)C1. The van der Waals surface area contributed by atoms with Gasteiger partial charge in [-0.15, -0.1) is 7.92 Å². The summed E-state index contributed by atoms with van der Waals surface area (Å²) >= 11 is 0. The van der Waals surface area contributed by atoms with Crippen LogP contribution in [0.5, 0.6) is 0 Å². The molecule has 0 radical (unpaired) electrons. The first-order valence-corrected chi connectivity index (χ1v) is 7.82. The molecule has 0 spiro atoms. The average molecular weight is 227 g/mol. The maximum absolute atomic E-state index is 11.0. The lowest BCUT2D eigenvalue weighted by atomic mass is 10.1. The highest BCUT2D eigenvalue weighted by Crippen LogP contribution is 2.35. The number of amides is 1. The predicted molar refractivity (Wildman–Crippen MR) is 67.7 cm³/mol. The van der Waals surface area contributed by atoms with Crippen LogP contribution in [-0.4, -0.2) is 31.4 Å². The lowest BCUT2D eigenvalue weighted by molar-refractivity contribution is -0.119. The summed E-state index contributed by atoms with van der Waals surface area (Å²) in [5.74, 6) is 0.855. The maximum atomic E-state index is 11.0. The molecular formula is C12H22NOP. The van der Waals surface area contributed by atoms with Crippen molar-refractivity contribution in [2.75, 3.05) is 25.5 Å². The van der Waals surface area contributed by atoms with Crippen LogP contribution < -0.4 is 5.32 Å². The molecule has 1 aliphatic rings. The van der Waals surface area contributed by atoms with E-state index >= 15 is 0 Å². The van der Waals surface area contributed by atoms with E-state index in [1.54, 1.807) is 0 Å². The predicted octanol–water partition coefficient (Wildman–Crippen LogP) is 2.59. The number of hydrogen-bond donors (Lipinski definition) is 1. The van der Waals surface area contributed by atoms with E-state index in [0.717, 1.165) is 13.0 Å². The Hall–Kier alpha value is -0.360. The second-order valence-corrected chi connectivity index (χ2v) is 7.23. The Morgan fingerprint density at radius 2 is 2.33 bits per heavy atom. The summed E-state index contributed by atoms with van der Waals surface area (Å²) in [7, 11) is 0.122. The lowest BCUT2D eigenvalue weighted by Gasteiger charge is -2.14. The summed E-state index contributed by atoms with van der Waals surface area (Å²) in [6, 6.07) is 0. The molecule has 0 aromatic rings. The van der Waals surface area contributed by atoms with Gasteiger partial charge in [0, 0.05) is 13.0 Å². The molecule has 1 heterocycles. The van der Waals surface area contributed by atoms with Gasteiger partial charge in [-0.1, -0.05) is 11.6 Å². The van der Waals surface area contributed by atoms with Crippen LogP contribution in [-0.2, 0) is 4.79 Å². The first-order chi connectivity index (χ1) is 7.08. The summed E-state index contributed by atoms with van der Waals surface area (Å²) in [4.78, 5) is 11.0. The molecule has 2 nitrogen and oxygen atoms in total. The quantitative estimate of drug-likeness (QED) is 0.567. The minimum Gasteiger partial charge on any atom is -0.356 e. The molecule has 0 bridgehead atoms. The molecule has 1 aliphatic heterocycles. The van der Waals surface area contributed by atoms with Gasteiger partial charge in [-0.2, -0.15) is 0 Å². The molecule has 1 unspecified atom stereocenters. The molecule has 0 saturated carbocycles. The normalized spacial score (nSPS) is 22.3. The Bertz CT molecular complexity index is 246. The first kappa shape index (κ1) is 12.7. The van der Waals surface area contributed by atoms with Crippen molar-refractivity contribution >= 4 is 13.8 Å².